The summed E-state index contributed by atoms with van der Waals surface area (Å²) in [5.41, 5.74) is 0.447. The summed E-state index contributed by atoms with van der Waals surface area (Å²) < 4.78 is 85.8. The molecule has 1 N–H and O–H groups in total. The van der Waals surface area contributed by atoms with Crippen LogP contribution in [0.1, 0.15) is 6.42 Å². The molecule has 0 aliphatic carbocycles. The van der Waals surface area contributed by atoms with E-state index in [1.807, 2.05) is 0 Å². The Balaban J connectivity index is 1.75. The Kier molecular flexibility index (Phi) is 5.83. The normalized spacial score (nSPS) is 20.0. The van der Waals surface area contributed by atoms with Gasteiger partial charge in [0.15, 0.2) is 11.5 Å². The van der Waals surface area contributed by atoms with Gasteiger partial charge in [-0.15, -0.1) is 13.2 Å². The highest BCUT2D eigenvalue weighted by molar-refractivity contribution is 5.52. The lowest BCUT2D eigenvalue weighted by Crippen LogP contribution is -2.32. The summed E-state index contributed by atoms with van der Waals surface area (Å²) in [6.07, 6.45) is -9.44. The van der Waals surface area contributed by atoms with E-state index < -0.39 is 36.9 Å². The lowest BCUT2D eigenvalue weighted by molar-refractivity contribution is -0.275. The van der Waals surface area contributed by atoms with Crippen molar-refractivity contribution in [2.75, 3.05) is 18.1 Å². The molecule has 158 valence electrons. The van der Waals surface area contributed by atoms with Gasteiger partial charge in [0, 0.05) is 12.2 Å². The van der Waals surface area contributed by atoms with Crippen molar-refractivity contribution in [1.29, 1.82) is 0 Å². The van der Waals surface area contributed by atoms with Crippen LogP contribution in [0.25, 0.3) is 0 Å². The van der Waals surface area contributed by atoms with Crippen LogP contribution >= 0.6 is 0 Å². The van der Waals surface area contributed by atoms with Gasteiger partial charge in [-0.3, -0.25) is 0 Å². The fourth-order valence-electron chi connectivity index (χ4n) is 3.22. The standard InChI is InChI=1S/C19H17F6NO3/c20-18(21,22)12-9-14(11-27)26(10-12)13-5-7-15(8-6-13)28-16-3-1-2-4-17(16)29-19(23,24)25/h1-8,12,14,27H,9-11H2. The van der Waals surface area contributed by atoms with Crippen LogP contribution in [0, 0.1) is 5.92 Å². The van der Waals surface area contributed by atoms with Crippen LogP contribution in [0.5, 0.6) is 17.2 Å². The van der Waals surface area contributed by atoms with E-state index in [1.54, 1.807) is 0 Å². The van der Waals surface area contributed by atoms with Gasteiger partial charge in [-0.05, 0) is 42.8 Å². The number of ether oxygens (including phenoxy) is 2. The van der Waals surface area contributed by atoms with Crippen molar-refractivity contribution >= 4 is 5.69 Å². The van der Waals surface area contributed by atoms with Crippen molar-refractivity contribution < 1.29 is 40.9 Å². The number of aliphatic hydroxyl groups is 1. The minimum Gasteiger partial charge on any atom is -0.453 e. The number of aliphatic hydroxyl groups excluding tert-OH is 1. The number of hydrogen-bond acceptors (Lipinski definition) is 4. The van der Waals surface area contributed by atoms with Gasteiger partial charge in [0.1, 0.15) is 5.75 Å². The molecule has 3 rings (SSSR count). The molecule has 2 aromatic carbocycles. The maximum Gasteiger partial charge on any atom is 0.573 e. The molecule has 1 aliphatic heterocycles. The summed E-state index contributed by atoms with van der Waals surface area (Å²) >= 11 is 0. The first-order chi connectivity index (χ1) is 13.6. The summed E-state index contributed by atoms with van der Waals surface area (Å²) in [6.45, 7) is -0.704. The van der Waals surface area contributed by atoms with Crippen LogP contribution in [-0.2, 0) is 0 Å². The lowest BCUT2D eigenvalue weighted by atomic mass is 10.1. The second kappa shape index (κ2) is 8.02. The Hall–Kier alpha value is -2.62. The fraction of sp³-hybridized carbons (Fsp3) is 0.368. The van der Waals surface area contributed by atoms with E-state index in [-0.39, 0.29) is 24.5 Å². The van der Waals surface area contributed by atoms with Crippen LogP contribution in [-0.4, -0.2) is 36.8 Å². The lowest BCUT2D eigenvalue weighted by Gasteiger charge is -2.25. The van der Waals surface area contributed by atoms with Gasteiger partial charge in [0.2, 0.25) is 0 Å². The van der Waals surface area contributed by atoms with Crippen LogP contribution in [0.15, 0.2) is 48.5 Å². The highest BCUT2D eigenvalue weighted by Crippen LogP contribution is 2.40. The average molecular weight is 421 g/mol. The number of rotatable bonds is 5. The van der Waals surface area contributed by atoms with Crippen molar-refractivity contribution in [3.8, 4) is 17.2 Å². The molecule has 2 atom stereocenters. The van der Waals surface area contributed by atoms with Gasteiger partial charge < -0.3 is 19.5 Å². The molecule has 0 spiro atoms. The molecule has 10 heteroatoms. The molecule has 2 unspecified atom stereocenters. The Morgan fingerprint density at radius 3 is 2.10 bits per heavy atom. The van der Waals surface area contributed by atoms with Crippen molar-refractivity contribution in [2.24, 2.45) is 5.92 Å². The molecule has 2 aromatic rings. The molecule has 0 saturated carbocycles. The minimum absolute atomic E-state index is 0.163. The predicted molar refractivity (Wildman–Crippen MR) is 92.0 cm³/mol. The third-order valence-corrected chi connectivity index (χ3v) is 4.56. The van der Waals surface area contributed by atoms with E-state index in [9.17, 15) is 31.4 Å². The predicted octanol–water partition coefficient (Wildman–Crippen LogP) is 5.13. The molecular weight excluding hydrogens is 404 g/mol. The minimum atomic E-state index is -4.88. The van der Waals surface area contributed by atoms with Crippen LogP contribution < -0.4 is 14.4 Å². The van der Waals surface area contributed by atoms with Crippen LogP contribution in [0.2, 0.25) is 0 Å². The van der Waals surface area contributed by atoms with E-state index in [2.05, 4.69) is 4.74 Å². The number of halogens is 6. The van der Waals surface area contributed by atoms with Crippen molar-refractivity contribution in [2.45, 2.75) is 25.0 Å². The van der Waals surface area contributed by atoms with Gasteiger partial charge in [-0.1, -0.05) is 12.1 Å². The summed E-state index contributed by atoms with van der Waals surface area (Å²) in [6, 6.07) is 10.4. The molecule has 1 saturated heterocycles. The van der Waals surface area contributed by atoms with Crippen LogP contribution in [0.3, 0.4) is 0 Å². The van der Waals surface area contributed by atoms with E-state index >= 15 is 0 Å². The maximum absolute atomic E-state index is 13.0. The molecule has 4 nitrogen and oxygen atoms in total. The largest absolute Gasteiger partial charge is 0.573 e. The molecule has 1 fully saturated rings. The third-order valence-electron chi connectivity index (χ3n) is 4.56. The van der Waals surface area contributed by atoms with E-state index in [0.717, 1.165) is 6.07 Å². The molecule has 29 heavy (non-hydrogen) atoms. The molecule has 0 amide bonds. The van der Waals surface area contributed by atoms with Gasteiger partial charge in [-0.25, -0.2) is 0 Å². The SMILES string of the molecule is OCC1CC(C(F)(F)F)CN1c1ccc(Oc2ccccc2OC(F)(F)F)cc1. The second-order valence-corrected chi connectivity index (χ2v) is 6.55. The first kappa shape index (κ1) is 21.1. The summed E-state index contributed by atoms with van der Waals surface area (Å²) in [7, 11) is 0. The monoisotopic (exact) mass is 421 g/mol. The Bertz CT molecular complexity index is 822. The number of benzene rings is 2. The zero-order valence-corrected chi connectivity index (χ0v) is 14.9. The highest BCUT2D eigenvalue weighted by Gasteiger charge is 2.47. The number of alkyl halides is 6. The van der Waals surface area contributed by atoms with Crippen molar-refractivity contribution in [1.82, 2.24) is 0 Å². The van der Waals surface area contributed by atoms with Crippen molar-refractivity contribution in [3.05, 3.63) is 48.5 Å². The van der Waals surface area contributed by atoms with Gasteiger partial charge in [0.25, 0.3) is 0 Å². The number of hydrogen-bond donors (Lipinski definition) is 1. The maximum atomic E-state index is 13.0. The second-order valence-electron chi connectivity index (χ2n) is 6.55. The highest BCUT2D eigenvalue weighted by atomic mass is 19.4. The third kappa shape index (κ3) is 5.26. The zero-order valence-electron chi connectivity index (χ0n) is 14.9. The number of para-hydroxylation sites is 2. The Morgan fingerprint density at radius 1 is 0.931 bits per heavy atom. The van der Waals surface area contributed by atoms with E-state index in [0.29, 0.717) is 5.69 Å². The number of anilines is 1. The van der Waals surface area contributed by atoms with Crippen molar-refractivity contribution in [3.63, 3.8) is 0 Å². The molecule has 1 heterocycles. The summed E-state index contributed by atoms with van der Waals surface area (Å²) in [5.74, 6) is -2.04. The summed E-state index contributed by atoms with van der Waals surface area (Å²) in [5, 5.41) is 9.41. The average Bonchev–Trinajstić information content (AvgIpc) is 3.08. The summed E-state index contributed by atoms with van der Waals surface area (Å²) in [4.78, 5) is 1.46. The molecule has 0 aromatic heterocycles. The topological polar surface area (TPSA) is 41.9 Å². The number of nitrogens with zero attached hydrogens (tertiary/aromatic N) is 1. The van der Waals surface area contributed by atoms with E-state index in [4.69, 9.17) is 4.74 Å². The van der Waals surface area contributed by atoms with Crippen LogP contribution in [0.4, 0.5) is 32.0 Å². The first-order valence-corrected chi connectivity index (χ1v) is 8.64. The fourth-order valence-corrected chi connectivity index (χ4v) is 3.22. The van der Waals surface area contributed by atoms with Gasteiger partial charge in [0.05, 0.1) is 18.6 Å². The van der Waals surface area contributed by atoms with Gasteiger partial charge >= 0.3 is 12.5 Å². The Morgan fingerprint density at radius 2 is 1.55 bits per heavy atom. The Labute approximate surface area is 162 Å². The van der Waals surface area contributed by atoms with Gasteiger partial charge in [-0.2, -0.15) is 13.2 Å². The molecule has 0 radical (unpaired) electrons. The quantitative estimate of drug-likeness (QED) is 0.680. The molecule has 0 bridgehead atoms. The first-order valence-electron chi connectivity index (χ1n) is 8.64. The van der Waals surface area contributed by atoms with E-state index in [1.165, 1.54) is 47.4 Å². The smallest absolute Gasteiger partial charge is 0.453 e. The molecule has 1 aliphatic rings. The zero-order chi connectivity index (χ0) is 21.2. The molecular formula is C19H17F6NO3.